The third-order valence-electron chi connectivity index (χ3n) is 5.45. The van der Waals surface area contributed by atoms with E-state index in [4.69, 9.17) is 38.9 Å². The van der Waals surface area contributed by atoms with E-state index < -0.39 is 5.82 Å². The fourth-order valence-electron chi connectivity index (χ4n) is 3.74. The number of aromatic nitrogens is 2. The molecule has 1 atom stereocenters. The Balaban J connectivity index is 1.58. The molecule has 0 saturated carbocycles. The maximum absolute atomic E-state index is 13.9. The number of nitrogens with zero attached hydrogens (tertiary/aromatic N) is 5. The highest BCUT2D eigenvalue weighted by atomic mass is 35.5. The Kier molecular flexibility index (Phi) is 6.27. The van der Waals surface area contributed by atoms with Crippen LogP contribution in [0.5, 0.6) is 0 Å². The summed E-state index contributed by atoms with van der Waals surface area (Å²) in [6.45, 7) is 3.01. The van der Waals surface area contributed by atoms with Gasteiger partial charge in [-0.3, -0.25) is 10.4 Å². The molecule has 1 fully saturated rings. The van der Waals surface area contributed by atoms with Gasteiger partial charge in [-0.2, -0.15) is 4.98 Å². The van der Waals surface area contributed by atoms with Crippen molar-refractivity contribution in [2.45, 2.75) is 18.9 Å². The first-order chi connectivity index (χ1) is 14.8. The van der Waals surface area contributed by atoms with Crippen molar-refractivity contribution >= 4 is 34.7 Å². The molecule has 0 aliphatic carbocycles. The van der Waals surface area contributed by atoms with Crippen LogP contribution in [0.25, 0.3) is 0 Å². The maximum Gasteiger partial charge on any atom is 0.275 e. The minimum Gasteiger partial charge on any atom is -0.382 e. The Morgan fingerprint density at radius 2 is 2.19 bits per heavy atom. The average molecular weight is 466 g/mol. The van der Waals surface area contributed by atoms with Crippen LogP contribution in [0.3, 0.4) is 0 Å². The highest BCUT2D eigenvalue weighted by molar-refractivity contribution is 6.36. The molecule has 0 bridgehead atoms. The van der Waals surface area contributed by atoms with Crippen LogP contribution >= 0.6 is 23.2 Å². The van der Waals surface area contributed by atoms with E-state index in [0.717, 1.165) is 19.5 Å². The summed E-state index contributed by atoms with van der Waals surface area (Å²) in [5.74, 6) is 0.615. The number of allylic oxidation sites excluding steroid dienone is 1. The van der Waals surface area contributed by atoms with E-state index in [2.05, 4.69) is 20.0 Å². The second-order valence-corrected chi connectivity index (χ2v) is 8.44. The van der Waals surface area contributed by atoms with Gasteiger partial charge in [-0.25, -0.2) is 4.39 Å². The number of nitrogens with two attached hydrogens (primary N) is 1. The van der Waals surface area contributed by atoms with Gasteiger partial charge in [-0.15, -0.1) is 0 Å². The Bertz CT molecular complexity index is 1070. The molecule has 1 aromatic heterocycles. The molecule has 1 unspecified atom stereocenters. The van der Waals surface area contributed by atoms with Gasteiger partial charge in [0.15, 0.2) is 5.82 Å². The first kappa shape index (κ1) is 21.7. The predicted molar refractivity (Wildman–Crippen MR) is 117 cm³/mol. The van der Waals surface area contributed by atoms with Crippen LogP contribution in [-0.2, 0) is 6.54 Å². The summed E-state index contributed by atoms with van der Waals surface area (Å²) >= 11 is 12.4. The molecule has 1 saturated heterocycles. The molecular weight excluding hydrogens is 444 g/mol. The number of likely N-dealkylation sites (N-methyl/N-ethyl adjacent to an activating group) is 1. The second kappa shape index (κ2) is 8.94. The first-order valence-electron chi connectivity index (χ1n) is 9.84. The lowest BCUT2D eigenvalue weighted by Gasteiger charge is -2.30. The van der Waals surface area contributed by atoms with Gasteiger partial charge in [-0.05, 0) is 38.2 Å². The summed E-state index contributed by atoms with van der Waals surface area (Å²) in [4.78, 5) is 12.7. The number of hydrogen-bond acceptors (Lipinski definition) is 8. The van der Waals surface area contributed by atoms with Gasteiger partial charge < -0.3 is 20.1 Å². The van der Waals surface area contributed by atoms with Crippen LogP contribution in [0.2, 0.25) is 10.0 Å². The Hall–Kier alpha value is -2.49. The molecule has 0 spiro atoms. The normalized spacial score (nSPS) is 21.0. The molecule has 4 rings (SSSR count). The average Bonchev–Trinajstić information content (AvgIpc) is 3.39. The fourth-order valence-corrected chi connectivity index (χ4v) is 4.23. The second-order valence-electron chi connectivity index (χ2n) is 7.66. The van der Waals surface area contributed by atoms with E-state index >= 15 is 0 Å². The van der Waals surface area contributed by atoms with Gasteiger partial charge in [0, 0.05) is 36.1 Å². The van der Waals surface area contributed by atoms with Crippen molar-refractivity contribution in [1.29, 1.82) is 5.41 Å². The topological polar surface area (TPSA) is 108 Å². The van der Waals surface area contributed by atoms with Crippen LogP contribution in [-0.4, -0.2) is 64.7 Å². The Morgan fingerprint density at radius 1 is 1.39 bits per heavy atom. The summed E-state index contributed by atoms with van der Waals surface area (Å²) in [6.07, 6.45) is 2.48. The number of nitrogens with one attached hydrogen (secondary N) is 1. The third kappa shape index (κ3) is 4.58. The van der Waals surface area contributed by atoms with Crippen molar-refractivity contribution in [3.63, 3.8) is 0 Å². The zero-order chi connectivity index (χ0) is 22.1. The fraction of sp³-hybridized carbons (Fsp3) is 0.400. The summed E-state index contributed by atoms with van der Waals surface area (Å²) in [6, 6.07) is 2.69. The maximum atomic E-state index is 13.9. The van der Waals surface area contributed by atoms with E-state index in [9.17, 15) is 4.39 Å². The highest BCUT2D eigenvalue weighted by Crippen LogP contribution is 2.30. The van der Waals surface area contributed by atoms with Crippen molar-refractivity contribution < 1.29 is 8.91 Å². The molecule has 1 aromatic carbocycles. The minimum absolute atomic E-state index is 0.0154. The smallest absolute Gasteiger partial charge is 0.275 e. The monoisotopic (exact) mass is 465 g/mol. The number of rotatable bonds is 5. The molecule has 3 N–H and O–H groups in total. The molecule has 31 heavy (non-hydrogen) atoms. The van der Waals surface area contributed by atoms with Crippen molar-refractivity contribution in [3.8, 4) is 0 Å². The standard InChI is InChI=1S/C20H22Cl2FN7O/c1-29-6-4-11(9-29)19-27-20(31-28-19)15(24)8-16-18(25)26-5-7-30(16)10-12-13(21)2-3-14(23)17(12)22/h2-3,8,11,24H,4-7,9-10H2,1H3,(H2,25,26)/b16-8+,24-15?. The first-order valence-corrected chi connectivity index (χ1v) is 10.6. The van der Waals surface area contributed by atoms with Gasteiger partial charge in [0.25, 0.3) is 5.89 Å². The van der Waals surface area contributed by atoms with E-state index in [1.54, 1.807) is 0 Å². The zero-order valence-corrected chi connectivity index (χ0v) is 18.4. The molecule has 0 amide bonds. The van der Waals surface area contributed by atoms with Gasteiger partial charge in [0.1, 0.15) is 17.4 Å². The minimum atomic E-state index is -0.547. The van der Waals surface area contributed by atoms with E-state index in [1.165, 1.54) is 18.2 Å². The van der Waals surface area contributed by atoms with Crippen LogP contribution in [0.1, 0.15) is 29.6 Å². The molecule has 8 nitrogen and oxygen atoms in total. The Morgan fingerprint density at radius 3 is 2.94 bits per heavy atom. The third-order valence-corrected chi connectivity index (χ3v) is 6.22. The van der Waals surface area contributed by atoms with E-state index in [1.807, 2.05) is 11.9 Å². The van der Waals surface area contributed by atoms with Crippen LogP contribution in [0, 0.1) is 11.2 Å². The lowest BCUT2D eigenvalue weighted by atomic mass is 10.1. The van der Waals surface area contributed by atoms with E-state index in [0.29, 0.717) is 35.2 Å². The van der Waals surface area contributed by atoms with Crippen molar-refractivity contribution in [1.82, 2.24) is 19.9 Å². The van der Waals surface area contributed by atoms with Crippen LogP contribution < -0.4 is 5.73 Å². The lowest BCUT2D eigenvalue weighted by Crippen LogP contribution is -2.38. The number of benzene rings is 1. The number of amidine groups is 1. The van der Waals surface area contributed by atoms with Gasteiger partial charge in [-0.1, -0.05) is 28.4 Å². The Labute approximate surface area is 189 Å². The highest BCUT2D eigenvalue weighted by Gasteiger charge is 2.27. The molecule has 2 aliphatic heterocycles. The molecule has 11 heteroatoms. The summed E-state index contributed by atoms with van der Waals surface area (Å²) in [5, 5.41) is 12.8. The van der Waals surface area contributed by atoms with Crippen molar-refractivity contribution in [2.75, 3.05) is 33.2 Å². The SMILES string of the molecule is CN1CCC(c2noc(C(=N)/C=C3\C(N)=NCCN3Cc3c(Cl)ccc(F)c3Cl)n2)C1. The largest absolute Gasteiger partial charge is 0.382 e. The van der Waals surface area contributed by atoms with Gasteiger partial charge in [0.05, 0.1) is 17.3 Å². The predicted octanol–water partition coefficient (Wildman–Crippen LogP) is 3.06. The number of halogens is 3. The van der Waals surface area contributed by atoms with E-state index in [-0.39, 0.29) is 34.9 Å². The molecule has 2 aromatic rings. The van der Waals surface area contributed by atoms with Gasteiger partial charge >= 0.3 is 0 Å². The van der Waals surface area contributed by atoms with Crippen molar-refractivity contribution in [3.05, 3.63) is 57.0 Å². The van der Waals surface area contributed by atoms with Crippen LogP contribution in [0.15, 0.2) is 33.4 Å². The lowest BCUT2D eigenvalue weighted by molar-refractivity contribution is 0.352. The van der Waals surface area contributed by atoms with Crippen molar-refractivity contribution in [2.24, 2.45) is 10.7 Å². The number of aliphatic imine (C=N–C) groups is 1. The van der Waals surface area contributed by atoms with Gasteiger partial charge in [0.2, 0.25) is 0 Å². The summed E-state index contributed by atoms with van der Waals surface area (Å²) in [7, 11) is 2.05. The molecule has 164 valence electrons. The molecule has 3 heterocycles. The quantitative estimate of drug-likeness (QED) is 0.518. The molecule has 0 radical (unpaired) electrons. The summed E-state index contributed by atoms with van der Waals surface area (Å²) in [5.41, 5.74) is 7.06. The zero-order valence-electron chi connectivity index (χ0n) is 16.9. The number of likely N-dealkylation sites (tertiary alicyclic amines) is 1. The molecular formula is C20H22Cl2FN7O. The summed E-state index contributed by atoms with van der Waals surface area (Å²) < 4.78 is 19.3. The van der Waals surface area contributed by atoms with Crippen LogP contribution in [0.4, 0.5) is 4.39 Å². The molecule has 2 aliphatic rings. The number of hydrogen-bond donors (Lipinski definition) is 2.